The van der Waals surface area contributed by atoms with Crippen LogP contribution in [0.3, 0.4) is 0 Å². The molecule has 0 bridgehead atoms. The van der Waals surface area contributed by atoms with Gasteiger partial charge < -0.3 is 15.5 Å². The van der Waals surface area contributed by atoms with Crippen LogP contribution in [0.2, 0.25) is 0 Å². The maximum atomic E-state index is 11.8. The van der Waals surface area contributed by atoms with Crippen molar-refractivity contribution in [2.45, 2.75) is 51.5 Å². The van der Waals surface area contributed by atoms with Gasteiger partial charge in [-0.25, -0.2) is 13.4 Å². The maximum Gasteiger partial charge on any atom is 0.191 e. The first-order valence-corrected chi connectivity index (χ1v) is 12.3. The van der Waals surface area contributed by atoms with Gasteiger partial charge in [0.2, 0.25) is 0 Å². The van der Waals surface area contributed by atoms with E-state index in [4.69, 9.17) is 0 Å². The molecule has 1 fully saturated rings. The molecule has 6 nitrogen and oxygen atoms in total. The summed E-state index contributed by atoms with van der Waals surface area (Å²) in [6, 6.07) is 5.44. The van der Waals surface area contributed by atoms with E-state index in [2.05, 4.69) is 34.4 Å². The molecule has 1 saturated heterocycles. The zero-order valence-corrected chi connectivity index (χ0v) is 18.6. The highest BCUT2D eigenvalue weighted by Gasteiger charge is 2.18. The van der Waals surface area contributed by atoms with Crippen molar-refractivity contribution < 1.29 is 8.42 Å². The molecule has 2 N–H and O–H groups in total. The number of aliphatic imine (C=N–C) groups is 1. The molecule has 0 aromatic heterocycles. The van der Waals surface area contributed by atoms with Crippen molar-refractivity contribution in [3.63, 3.8) is 0 Å². The zero-order valence-electron chi connectivity index (χ0n) is 17.8. The summed E-state index contributed by atoms with van der Waals surface area (Å²) >= 11 is 0. The molecule has 1 aliphatic rings. The molecule has 0 amide bonds. The average Bonchev–Trinajstić information content (AvgIpc) is 2.64. The molecule has 0 radical (unpaired) electrons. The molecule has 1 aliphatic heterocycles. The monoisotopic (exact) mass is 408 g/mol. The largest absolute Gasteiger partial charge is 0.357 e. The second kappa shape index (κ2) is 10.8. The van der Waals surface area contributed by atoms with Gasteiger partial charge in [0.1, 0.15) is 0 Å². The van der Waals surface area contributed by atoms with E-state index >= 15 is 0 Å². The molecular formula is C21H36N4O2S. The van der Waals surface area contributed by atoms with Crippen molar-refractivity contribution >= 4 is 15.8 Å². The fourth-order valence-corrected chi connectivity index (χ4v) is 4.67. The number of benzene rings is 1. The number of piperidine rings is 1. The van der Waals surface area contributed by atoms with Crippen LogP contribution in [0.1, 0.15) is 44.2 Å². The highest BCUT2D eigenvalue weighted by molar-refractivity contribution is 7.90. The van der Waals surface area contributed by atoms with E-state index in [1.807, 2.05) is 19.1 Å². The molecule has 0 spiro atoms. The van der Waals surface area contributed by atoms with Gasteiger partial charge in [0.05, 0.1) is 11.4 Å². The van der Waals surface area contributed by atoms with Crippen LogP contribution in [0.4, 0.5) is 0 Å². The SMILES string of the molecule is CCCN1CCC(CNC(=NCc2ccc(S(C)(=O)=O)c(C)c2)NCC)CC1. The van der Waals surface area contributed by atoms with E-state index in [-0.39, 0.29) is 0 Å². The van der Waals surface area contributed by atoms with E-state index in [1.165, 1.54) is 45.2 Å². The number of rotatable bonds is 8. The minimum Gasteiger partial charge on any atom is -0.357 e. The Labute approximate surface area is 170 Å². The molecule has 7 heteroatoms. The number of hydrogen-bond acceptors (Lipinski definition) is 4. The number of hydrogen-bond donors (Lipinski definition) is 2. The van der Waals surface area contributed by atoms with E-state index in [9.17, 15) is 8.42 Å². The number of nitrogens with one attached hydrogen (secondary N) is 2. The Hall–Kier alpha value is -1.60. The third kappa shape index (κ3) is 7.09. The first kappa shape index (κ1) is 22.7. The third-order valence-corrected chi connectivity index (χ3v) is 6.46. The number of guanidine groups is 1. The number of aryl methyl sites for hydroxylation is 1. The van der Waals surface area contributed by atoms with Gasteiger partial charge in [-0.3, -0.25) is 0 Å². The Morgan fingerprint density at radius 1 is 1.21 bits per heavy atom. The summed E-state index contributed by atoms with van der Waals surface area (Å²) in [5.41, 5.74) is 1.78. The zero-order chi connectivity index (χ0) is 20.6. The van der Waals surface area contributed by atoms with Crippen LogP contribution in [-0.2, 0) is 16.4 Å². The minimum absolute atomic E-state index is 0.389. The summed E-state index contributed by atoms with van der Waals surface area (Å²) in [6.07, 6.45) is 4.94. The van der Waals surface area contributed by atoms with E-state index < -0.39 is 9.84 Å². The molecule has 0 saturated carbocycles. The summed E-state index contributed by atoms with van der Waals surface area (Å²) in [5, 5.41) is 6.79. The molecule has 0 aliphatic carbocycles. The molecule has 0 unspecified atom stereocenters. The van der Waals surface area contributed by atoms with Crippen LogP contribution in [0.5, 0.6) is 0 Å². The topological polar surface area (TPSA) is 73.8 Å². The lowest BCUT2D eigenvalue weighted by Gasteiger charge is -2.32. The van der Waals surface area contributed by atoms with Crippen LogP contribution < -0.4 is 10.6 Å². The van der Waals surface area contributed by atoms with Gasteiger partial charge in [-0.05, 0) is 75.9 Å². The molecule has 1 heterocycles. The van der Waals surface area contributed by atoms with Gasteiger partial charge in [0.15, 0.2) is 15.8 Å². The summed E-state index contributed by atoms with van der Waals surface area (Å²) in [7, 11) is -3.18. The minimum atomic E-state index is -3.18. The summed E-state index contributed by atoms with van der Waals surface area (Å²) in [4.78, 5) is 7.62. The number of likely N-dealkylation sites (tertiary alicyclic amines) is 1. The highest BCUT2D eigenvalue weighted by Crippen LogP contribution is 2.18. The fraction of sp³-hybridized carbons (Fsp3) is 0.667. The summed E-state index contributed by atoms with van der Waals surface area (Å²) < 4.78 is 23.5. The highest BCUT2D eigenvalue weighted by atomic mass is 32.2. The number of nitrogens with zero attached hydrogens (tertiary/aromatic N) is 2. The van der Waals surface area contributed by atoms with E-state index in [1.54, 1.807) is 6.07 Å². The van der Waals surface area contributed by atoms with Crippen molar-refractivity contribution in [2.75, 3.05) is 39.0 Å². The Balaban J connectivity index is 1.91. The molecule has 2 rings (SSSR count). The Kier molecular flexibility index (Phi) is 8.76. The van der Waals surface area contributed by atoms with Crippen molar-refractivity contribution in [1.82, 2.24) is 15.5 Å². The molecule has 28 heavy (non-hydrogen) atoms. The number of sulfone groups is 1. The second-order valence-electron chi connectivity index (χ2n) is 7.73. The van der Waals surface area contributed by atoms with Gasteiger partial charge in [0.25, 0.3) is 0 Å². The summed E-state index contributed by atoms with van der Waals surface area (Å²) in [5.74, 6) is 1.51. The van der Waals surface area contributed by atoms with Crippen LogP contribution in [0, 0.1) is 12.8 Å². The van der Waals surface area contributed by atoms with Gasteiger partial charge in [0, 0.05) is 19.3 Å². The average molecular weight is 409 g/mol. The standard InChI is InChI=1S/C21H36N4O2S/c1-5-11-25-12-9-18(10-13-25)15-23-21(22-6-2)24-16-19-7-8-20(17(3)14-19)28(4,26)27/h7-8,14,18H,5-6,9-13,15-16H2,1-4H3,(H2,22,23,24). The lowest BCUT2D eigenvalue weighted by atomic mass is 9.97. The normalized spacial score (nSPS) is 16.9. The predicted octanol–water partition coefficient (Wildman–Crippen LogP) is 2.58. The lowest BCUT2D eigenvalue weighted by Crippen LogP contribution is -2.43. The van der Waals surface area contributed by atoms with Crippen LogP contribution >= 0.6 is 0 Å². The molecule has 1 aromatic rings. The van der Waals surface area contributed by atoms with Crippen molar-refractivity contribution in [3.8, 4) is 0 Å². The summed E-state index contributed by atoms with van der Waals surface area (Å²) in [6.45, 7) is 12.0. The van der Waals surface area contributed by atoms with Crippen LogP contribution in [-0.4, -0.2) is 58.3 Å². The van der Waals surface area contributed by atoms with E-state index in [0.717, 1.165) is 30.2 Å². The second-order valence-corrected chi connectivity index (χ2v) is 9.72. The molecular weight excluding hydrogens is 372 g/mol. The Morgan fingerprint density at radius 2 is 1.93 bits per heavy atom. The predicted molar refractivity (Wildman–Crippen MR) is 117 cm³/mol. The van der Waals surface area contributed by atoms with Gasteiger partial charge in [-0.1, -0.05) is 19.1 Å². The van der Waals surface area contributed by atoms with Gasteiger partial charge in [-0.15, -0.1) is 0 Å². The first-order valence-electron chi connectivity index (χ1n) is 10.4. The lowest BCUT2D eigenvalue weighted by molar-refractivity contribution is 0.185. The smallest absolute Gasteiger partial charge is 0.191 e. The molecule has 0 atom stereocenters. The molecule has 1 aromatic carbocycles. The van der Waals surface area contributed by atoms with Crippen molar-refractivity contribution in [1.29, 1.82) is 0 Å². The molecule has 158 valence electrons. The maximum absolute atomic E-state index is 11.8. The Bertz CT molecular complexity index is 754. The van der Waals surface area contributed by atoms with Gasteiger partial charge in [-0.2, -0.15) is 0 Å². The fourth-order valence-electron chi connectivity index (χ4n) is 3.71. The Morgan fingerprint density at radius 3 is 2.50 bits per heavy atom. The van der Waals surface area contributed by atoms with E-state index in [0.29, 0.717) is 17.4 Å². The third-order valence-electron chi connectivity index (χ3n) is 5.21. The van der Waals surface area contributed by atoms with Gasteiger partial charge >= 0.3 is 0 Å². The van der Waals surface area contributed by atoms with Crippen molar-refractivity contribution in [2.24, 2.45) is 10.9 Å². The van der Waals surface area contributed by atoms with Crippen LogP contribution in [0.15, 0.2) is 28.1 Å². The van der Waals surface area contributed by atoms with Crippen molar-refractivity contribution in [3.05, 3.63) is 29.3 Å². The first-order chi connectivity index (χ1) is 13.3. The van der Waals surface area contributed by atoms with Crippen LogP contribution in [0.25, 0.3) is 0 Å². The quantitative estimate of drug-likeness (QED) is 0.511.